The molecule has 1 aliphatic heterocycles. The van der Waals surface area contributed by atoms with Crippen molar-refractivity contribution in [2.24, 2.45) is 5.73 Å². The van der Waals surface area contributed by atoms with Gasteiger partial charge >= 0.3 is 0 Å². The van der Waals surface area contributed by atoms with Crippen LogP contribution in [0.2, 0.25) is 0 Å². The summed E-state index contributed by atoms with van der Waals surface area (Å²) >= 11 is 0. The maximum Gasteiger partial charge on any atom is 0.248 e. The quantitative estimate of drug-likeness (QED) is 0.425. The maximum atomic E-state index is 11.3. The molecule has 0 spiro atoms. The van der Waals surface area contributed by atoms with Crippen molar-refractivity contribution in [1.29, 1.82) is 0 Å². The van der Waals surface area contributed by atoms with E-state index in [0.29, 0.717) is 5.56 Å². The number of primary amides is 1. The lowest BCUT2D eigenvalue weighted by molar-refractivity contribution is 0.100. The number of nitrogens with two attached hydrogens (primary N) is 1. The molecule has 3 aromatic rings. The summed E-state index contributed by atoms with van der Waals surface area (Å²) in [5.41, 5.74) is 12.5. The van der Waals surface area contributed by atoms with Gasteiger partial charge in [-0.25, -0.2) is 0 Å². The third-order valence-corrected chi connectivity index (χ3v) is 6.10. The molecule has 1 saturated heterocycles. The van der Waals surface area contributed by atoms with E-state index in [0.717, 1.165) is 44.8 Å². The summed E-state index contributed by atoms with van der Waals surface area (Å²) in [6, 6.07) is 25.4. The van der Waals surface area contributed by atoms with Crippen molar-refractivity contribution in [2.45, 2.75) is 54.0 Å². The average Bonchev–Trinajstić information content (AvgIpc) is 2.92. The van der Waals surface area contributed by atoms with Crippen molar-refractivity contribution in [2.75, 3.05) is 31.1 Å². The van der Waals surface area contributed by atoms with E-state index < -0.39 is 0 Å². The van der Waals surface area contributed by atoms with E-state index in [1.165, 1.54) is 28.7 Å². The first-order chi connectivity index (χ1) is 17.1. The first-order valence-electron chi connectivity index (χ1n) is 13.2. The lowest BCUT2D eigenvalue weighted by Crippen LogP contribution is -2.46. The summed E-state index contributed by atoms with van der Waals surface area (Å²) in [4.78, 5) is 16.2. The van der Waals surface area contributed by atoms with E-state index in [2.05, 4.69) is 65.3 Å². The van der Waals surface area contributed by atoms with Gasteiger partial charge in [0.05, 0.1) is 0 Å². The Morgan fingerprint density at radius 2 is 1.42 bits per heavy atom. The highest BCUT2D eigenvalue weighted by atomic mass is 16.1. The van der Waals surface area contributed by atoms with Crippen LogP contribution in [0.25, 0.3) is 11.1 Å². The van der Waals surface area contributed by atoms with Gasteiger partial charge in [-0.3, -0.25) is 9.69 Å². The fourth-order valence-corrected chi connectivity index (χ4v) is 4.32. The number of piperazine rings is 1. The molecule has 0 radical (unpaired) electrons. The molecule has 3 aromatic carbocycles. The molecule has 0 aliphatic carbocycles. The average molecular weight is 494 g/mol. The number of amides is 1. The Hall–Kier alpha value is -3.15. The molecule has 198 valence electrons. The Morgan fingerprint density at radius 1 is 0.833 bits per heavy atom. The number of rotatable bonds is 7. The number of benzene rings is 3. The molecule has 1 amide bonds. The molecule has 1 heterocycles. The first kappa shape index (κ1) is 30.9. The van der Waals surface area contributed by atoms with Gasteiger partial charge in [-0.2, -0.15) is 0 Å². The van der Waals surface area contributed by atoms with Crippen LogP contribution in [-0.4, -0.2) is 42.5 Å². The van der Waals surface area contributed by atoms with Crippen LogP contribution in [0, 0.1) is 0 Å². The summed E-state index contributed by atoms with van der Waals surface area (Å²) in [5, 5.41) is 0. The van der Waals surface area contributed by atoms with Gasteiger partial charge in [0.25, 0.3) is 0 Å². The summed E-state index contributed by atoms with van der Waals surface area (Å²) in [7, 11) is 0. The molecule has 4 N–H and O–H groups in total. The third-order valence-electron chi connectivity index (χ3n) is 6.10. The molecule has 5 nitrogen and oxygen atoms in total. The second-order valence-corrected chi connectivity index (χ2v) is 8.28. The fraction of sp³-hybridized carbons (Fsp3) is 0.387. The molecule has 4 rings (SSSR count). The number of hydrogen-bond acceptors (Lipinski definition) is 3. The molecule has 0 bridgehead atoms. The van der Waals surface area contributed by atoms with Crippen LogP contribution < -0.4 is 10.6 Å². The van der Waals surface area contributed by atoms with Gasteiger partial charge < -0.3 is 16.1 Å². The van der Waals surface area contributed by atoms with E-state index in [9.17, 15) is 4.79 Å². The number of aryl methyl sites for hydroxylation is 1. The van der Waals surface area contributed by atoms with Gasteiger partial charge in [-0.15, -0.1) is 0 Å². The van der Waals surface area contributed by atoms with Crippen LogP contribution >= 0.6 is 0 Å². The normalized spacial score (nSPS) is 12.9. The van der Waals surface area contributed by atoms with Gasteiger partial charge in [0, 0.05) is 45.4 Å². The molecule has 36 heavy (non-hydrogen) atoms. The van der Waals surface area contributed by atoms with Crippen LogP contribution in [0.1, 0.15) is 64.0 Å². The molecule has 5 heteroatoms. The topological polar surface area (TPSA) is 81.1 Å². The van der Waals surface area contributed by atoms with Crippen molar-refractivity contribution in [3.8, 4) is 11.1 Å². The Balaban J connectivity index is 0.00000206. The largest absolute Gasteiger partial charge is 0.412 e. The lowest BCUT2D eigenvalue weighted by atomic mass is 9.97. The molecule has 0 unspecified atom stereocenters. The van der Waals surface area contributed by atoms with Crippen molar-refractivity contribution in [3.05, 3.63) is 89.5 Å². The summed E-state index contributed by atoms with van der Waals surface area (Å²) < 4.78 is 0. The zero-order chi connectivity index (χ0) is 25.6. The van der Waals surface area contributed by atoms with E-state index >= 15 is 0 Å². The SMILES string of the molecule is CC.CC.CCCc1ccc(-c2ccccc2CN2CCN(c3ccc(C(N)=O)cc3)CC2)cc1.O.[HH]. The zero-order valence-corrected chi connectivity index (χ0v) is 22.8. The molecular formula is C31H47N3O2. The zero-order valence-electron chi connectivity index (χ0n) is 22.8. The molecule has 1 fully saturated rings. The van der Waals surface area contributed by atoms with Crippen LogP contribution in [0.5, 0.6) is 0 Å². The van der Waals surface area contributed by atoms with Crippen LogP contribution in [-0.2, 0) is 13.0 Å². The standard InChI is InChI=1S/C27H31N3O.2C2H6.H2O.H2/c1-2-5-21-8-10-22(11-9-21)26-7-4-3-6-24(26)20-29-16-18-30(19-17-29)25-14-12-23(13-15-25)27(28)31;2*1-2;;/h3-4,6-15H,2,5,16-20H2,1H3,(H2,28,31);2*1-2H3;1H2;1H. The second-order valence-electron chi connectivity index (χ2n) is 8.28. The minimum Gasteiger partial charge on any atom is -0.412 e. The first-order valence-corrected chi connectivity index (χ1v) is 13.2. The predicted molar refractivity (Wildman–Crippen MR) is 157 cm³/mol. The Labute approximate surface area is 219 Å². The van der Waals surface area contributed by atoms with Gasteiger partial charge in [-0.05, 0) is 52.9 Å². The lowest BCUT2D eigenvalue weighted by Gasteiger charge is -2.36. The van der Waals surface area contributed by atoms with Crippen LogP contribution in [0.4, 0.5) is 5.69 Å². The summed E-state index contributed by atoms with van der Waals surface area (Å²) in [6.07, 6.45) is 2.31. The molecule has 0 aromatic heterocycles. The molecule has 0 saturated carbocycles. The minimum absolute atomic E-state index is 0. The van der Waals surface area contributed by atoms with Gasteiger partial charge in [0.1, 0.15) is 0 Å². The predicted octanol–water partition coefficient (Wildman–Crippen LogP) is 6.20. The molecule has 1 aliphatic rings. The van der Waals surface area contributed by atoms with E-state index in [1.54, 1.807) is 0 Å². The Bertz CT molecular complexity index is 1020. The fourth-order valence-electron chi connectivity index (χ4n) is 4.32. The van der Waals surface area contributed by atoms with Crippen LogP contribution in [0.15, 0.2) is 72.8 Å². The van der Waals surface area contributed by atoms with E-state index in [-0.39, 0.29) is 12.8 Å². The van der Waals surface area contributed by atoms with Gasteiger partial charge in [0.2, 0.25) is 5.91 Å². The number of hydrogen-bond donors (Lipinski definition) is 1. The summed E-state index contributed by atoms with van der Waals surface area (Å²) in [6.45, 7) is 15.2. The minimum atomic E-state index is -0.380. The van der Waals surface area contributed by atoms with Crippen molar-refractivity contribution >= 4 is 11.6 Å². The smallest absolute Gasteiger partial charge is 0.248 e. The Kier molecular flexibility index (Phi) is 14.2. The highest BCUT2D eigenvalue weighted by molar-refractivity contribution is 5.93. The number of carbonyl (C=O) groups is 1. The van der Waals surface area contributed by atoms with Crippen molar-refractivity contribution in [1.82, 2.24) is 4.90 Å². The monoisotopic (exact) mass is 493 g/mol. The van der Waals surface area contributed by atoms with Gasteiger partial charge in [0.15, 0.2) is 0 Å². The number of carbonyl (C=O) groups excluding carboxylic acids is 1. The number of anilines is 1. The van der Waals surface area contributed by atoms with E-state index in [4.69, 9.17) is 5.73 Å². The molecular weight excluding hydrogens is 446 g/mol. The second kappa shape index (κ2) is 16.5. The van der Waals surface area contributed by atoms with Gasteiger partial charge in [-0.1, -0.05) is 89.6 Å². The highest BCUT2D eigenvalue weighted by Gasteiger charge is 2.18. The third kappa shape index (κ3) is 8.51. The number of nitrogens with zero attached hydrogens (tertiary/aromatic N) is 2. The highest BCUT2D eigenvalue weighted by Crippen LogP contribution is 2.26. The molecule has 0 atom stereocenters. The Morgan fingerprint density at radius 3 is 1.97 bits per heavy atom. The van der Waals surface area contributed by atoms with Crippen molar-refractivity contribution < 1.29 is 11.7 Å². The summed E-state index contributed by atoms with van der Waals surface area (Å²) in [5.74, 6) is -0.380. The van der Waals surface area contributed by atoms with E-state index in [1.807, 2.05) is 52.0 Å². The van der Waals surface area contributed by atoms with Crippen molar-refractivity contribution in [3.63, 3.8) is 0 Å². The van der Waals surface area contributed by atoms with Crippen LogP contribution in [0.3, 0.4) is 0 Å². The maximum absolute atomic E-state index is 11.3.